The van der Waals surface area contributed by atoms with Gasteiger partial charge in [0.05, 0.1) is 14.2 Å². The number of hydrogen-bond donors (Lipinski definition) is 0. The van der Waals surface area contributed by atoms with Crippen LogP contribution in [-0.4, -0.2) is 20.5 Å². The molecule has 0 heterocycles. The van der Waals surface area contributed by atoms with Crippen LogP contribution in [0.15, 0.2) is 12.1 Å². The van der Waals surface area contributed by atoms with Crippen molar-refractivity contribution in [3.8, 4) is 11.5 Å². The van der Waals surface area contributed by atoms with Gasteiger partial charge in [0.1, 0.15) is 12.5 Å². The second-order valence-corrected chi connectivity index (χ2v) is 4.27. The molecule has 3 nitrogen and oxygen atoms in total. The first-order valence-electron chi connectivity index (χ1n) is 5.88. The van der Waals surface area contributed by atoms with Crippen LogP contribution in [-0.2, 0) is 4.79 Å². The van der Waals surface area contributed by atoms with E-state index in [2.05, 4.69) is 0 Å². The minimum absolute atomic E-state index is 0.0370. The minimum atomic E-state index is -1.09. The fourth-order valence-electron chi connectivity index (χ4n) is 1.88. The Balaban J connectivity index is 3.34. The first-order chi connectivity index (χ1) is 8.54. The Morgan fingerprint density at radius 1 is 1.28 bits per heavy atom. The number of aldehydes is 1. The molecule has 0 aliphatic heterocycles. The zero-order valence-corrected chi connectivity index (χ0v) is 11.2. The lowest BCUT2D eigenvalue weighted by molar-refractivity contribution is -0.108. The second kappa shape index (κ2) is 6.38. The zero-order valence-electron chi connectivity index (χ0n) is 11.2. The van der Waals surface area contributed by atoms with Crippen molar-refractivity contribution in [2.75, 3.05) is 14.2 Å². The molecule has 0 amide bonds. The Bertz CT molecular complexity index is 416. The largest absolute Gasteiger partial charge is 0.493 e. The average molecular weight is 254 g/mol. The summed E-state index contributed by atoms with van der Waals surface area (Å²) in [7, 11) is 3.05. The molecule has 1 aromatic carbocycles. The molecular weight excluding hydrogens is 235 g/mol. The monoisotopic (exact) mass is 254 g/mol. The van der Waals surface area contributed by atoms with E-state index in [1.54, 1.807) is 12.1 Å². The third kappa shape index (κ3) is 3.00. The van der Waals surface area contributed by atoms with Gasteiger partial charge in [-0.1, -0.05) is 6.92 Å². The van der Waals surface area contributed by atoms with Crippen molar-refractivity contribution < 1.29 is 18.7 Å². The summed E-state index contributed by atoms with van der Waals surface area (Å²) in [5, 5.41) is 0. The van der Waals surface area contributed by atoms with Crippen molar-refractivity contribution in [2.45, 2.75) is 32.4 Å². The van der Waals surface area contributed by atoms with Gasteiger partial charge in [0.2, 0.25) is 0 Å². The molecule has 2 atom stereocenters. The van der Waals surface area contributed by atoms with Crippen molar-refractivity contribution in [3.63, 3.8) is 0 Å². The number of benzene rings is 1. The molecule has 0 aliphatic rings. The SMILES string of the molecule is COc1cc(C(C)F)cc(C(C)CC=O)c1OC. The molecule has 0 radical (unpaired) electrons. The third-order valence-electron chi connectivity index (χ3n) is 2.97. The number of methoxy groups -OCH3 is 2. The van der Waals surface area contributed by atoms with Gasteiger partial charge in [-0.15, -0.1) is 0 Å². The topological polar surface area (TPSA) is 35.5 Å². The van der Waals surface area contributed by atoms with Gasteiger partial charge in [-0.3, -0.25) is 0 Å². The van der Waals surface area contributed by atoms with Crippen molar-refractivity contribution in [3.05, 3.63) is 23.3 Å². The molecule has 0 aliphatic carbocycles. The third-order valence-corrected chi connectivity index (χ3v) is 2.97. The fraction of sp³-hybridized carbons (Fsp3) is 0.500. The van der Waals surface area contributed by atoms with Crippen LogP contribution < -0.4 is 9.47 Å². The van der Waals surface area contributed by atoms with Gasteiger partial charge in [0.15, 0.2) is 11.5 Å². The van der Waals surface area contributed by atoms with Crippen molar-refractivity contribution >= 4 is 6.29 Å². The highest BCUT2D eigenvalue weighted by molar-refractivity contribution is 5.56. The van der Waals surface area contributed by atoms with E-state index in [0.717, 1.165) is 11.8 Å². The number of alkyl halides is 1. The Morgan fingerprint density at radius 3 is 2.39 bits per heavy atom. The molecule has 0 aromatic heterocycles. The smallest absolute Gasteiger partial charge is 0.164 e. The summed E-state index contributed by atoms with van der Waals surface area (Å²) in [6.07, 6.45) is 0.123. The lowest BCUT2D eigenvalue weighted by Crippen LogP contribution is -2.03. The molecular formula is C14H19FO3. The highest BCUT2D eigenvalue weighted by Gasteiger charge is 2.19. The van der Waals surface area contributed by atoms with Crippen LogP contribution in [0.5, 0.6) is 11.5 Å². The fourth-order valence-corrected chi connectivity index (χ4v) is 1.88. The molecule has 1 rings (SSSR count). The Labute approximate surface area is 107 Å². The maximum Gasteiger partial charge on any atom is 0.164 e. The predicted octanol–water partition coefficient (Wildman–Crippen LogP) is 3.43. The van der Waals surface area contributed by atoms with E-state index in [4.69, 9.17) is 9.47 Å². The van der Waals surface area contributed by atoms with Gasteiger partial charge in [-0.25, -0.2) is 4.39 Å². The van der Waals surface area contributed by atoms with Crippen LogP contribution in [0, 0.1) is 0 Å². The Morgan fingerprint density at radius 2 is 1.94 bits per heavy atom. The summed E-state index contributed by atoms with van der Waals surface area (Å²) in [5.74, 6) is 1.02. The lowest BCUT2D eigenvalue weighted by atomic mass is 9.94. The number of hydrogen-bond acceptors (Lipinski definition) is 3. The standard InChI is InChI=1S/C14H19FO3/c1-9(5-6-16)12-7-11(10(2)15)8-13(17-3)14(12)18-4/h6-10H,5H2,1-4H3. The van der Waals surface area contributed by atoms with Gasteiger partial charge in [0.25, 0.3) is 0 Å². The predicted molar refractivity (Wildman–Crippen MR) is 68.2 cm³/mol. The summed E-state index contributed by atoms with van der Waals surface area (Å²) >= 11 is 0. The number of ether oxygens (including phenoxy) is 2. The molecule has 4 heteroatoms. The Hall–Kier alpha value is -1.58. The highest BCUT2D eigenvalue weighted by Crippen LogP contribution is 2.39. The molecule has 0 saturated carbocycles. The van der Waals surface area contributed by atoms with Gasteiger partial charge < -0.3 is 14.3 Å². The summed E-state index contributed by atoms with van der Waals surface area (Å²) in [6, 6.07) is 3.36. The molecule has 1 aromatic rings. The Kier molecular flexibility index (Phi) is 5.13. The maximum absolute atomic E-state index is 13.4. The first kappa shape index (κ1) is 14.5. The summed E-state index contributed by atoms with van der Waals surface area (Å²) in [4.78, 5) is 10.6. The van der Waals surface area contributed by atoms with E-state index >= 15 is 0 Å². The van der Waals surface area contributed by atoms with E-state index in [0.29, 0.717) is 23.5 Å². The number of carbonyl (C=O) groups excluding carboxylic acids is 1. The molecule has 0 spiro atoms. The lowest BCUT2D eigenvalue weighted by Gasteiger charge is -2.18. The van der Waals surface area contributed by atoms with Crippen molar-refractivity contribution in [1.29, 1.82) is 0 Å². The minimum Gasteiger partial charge on any atom is -0.493 e. The summed E-state index contributed by atoms with van der Waals surface area (Å²) in [6.45, 7) is 3.37. The van der Waals surface area contributed by atoms with E-state index in [1.165, 1.54) is 21.1 Å². The van der Waals surface area contributed by atoms with Crippen LogP contribution in [0.25, 0.3) is 0 Å². The molecule has 100 valence electrons. The quantitative estimate of drug-likeness (QED) is 0.730. The van der Waals surface area contributed by atoms with E-state index in [9.17, 15) is 9.18 Å². The van der Waals surface area contributed by atoms with Crippen LogP contribution in [0.1, 0.15) is 43.5 Å². The van der Waals surface area contributed by atoms with Crippen LogP contribution >= 0.6 is 0 Å². The zero-order chi connectivity index (χ0) is 13.7. The molecule has 18 heavy (non-hydrogen) atoms. The van der Waals surface area contributed by atoms with Gasteiger partial charge in [0, 0.05) is 12.0 Å². The van der Waals surface area contributed by atoms with Crippen molar-refractivity contribution in [2.24, 2.45) is 0 Å². The van der Waals surface area contributed by atoms with Crippen molar-refractivity contribution in [1.82, 2.24) is 0 Å². The van der Waals surface area contributed by atoms with E-state index < -0.39 is 6.17 Å². The van der Waals surface area contributed by atoms with Gasteiger partial charge in [-0.2, -0.15) is 0 Å². The summed E-state index contributed by atoms with van der Waals surface area (Å²) < 4.78 is 24.0. The normalized spacial score (nSPS) is 13.8. The number of halogens is 1. The summed E-state index contributed by atoms with van der Waals surface area (Å²) in [5.41, 5.74) is 1.32. The molecule has 0 N–H and O–H groups in total. The molecule has 0 fully saturated rings. The van der Waals surface area contributed by atoms with E-state index in [-0.39, 0.29) is 5.92 Å². The van der Waals surface area contributed by atoms with Gasteiger partial charge >= 0.3 is 0 Å². The van der Waals surface area contributed by atoms with Gasteiger partial charge in [-0.05, 0) is 30.5 Å². The molecule has 0 bridgehead atoms. The average Bonchev–Trinajstić information content (AvgIpc) is 2.37. The first-order valence-corrected chi connectivity index (χ1v) is 5.88. The van der Waals surface area contributed by atoms with Crippen LogP contribution in [0.3, 0.4) is 0 Å². The maximum atomic E-state index is 13.4. The number of rotatable bonds is 6. The number of carbonyl (C=O) groups is 1. The highest BCUT2D eigenvalue weighted by atomic mass is 19.1. The second-order valence-electron chi connectivity index (χ2n) is 4.27. The molecule has 2 unspecified atom stereocenters. The van der Waals surface area contributed by atoms with E-state index in [1.807, 2.05) is 6.92 Å². The molecule has 0 saturated heterocycles. The van der Waals surface area contributed by atoms with Crippen LogP contribution in [0.4, 0.5) is 4.39 Å². The van der Waals surface area contributed by atoms with Crippen LogP contribution in [0.2, 0.25) is 0 Å².